The van der Waals surface area contributed by atoms with E-state index in [0.717, 1.165) is 36.6 Å². The quantitative estimate of drug-likeness (QED) is 0.611. The number of benzene rings is 1. The van der Waals surface area contributed by atoms with Crippen molar-refractivity contribution < 1.29 is 9.53 Å². The Hall–Kier alpha value is -1.55. The highest BCUT2D eigenvalue weighted by atomic mass is 16.5. The van der Waals surface area contributed by atoms with E-state index in [1.807, 2.05) is 11.8 Å². The molecule has 0 atom stereocenters. The van der Waals surface area contributed by atoms with Crippen molar-refractivity contribution in [2.45, 2.75) is 102 Å². The van der Waals surface area contributed by atoms with Gasteiger partial charge in [-0.3, -0.25) is 4.79 Å². The fourth-order valence-corrected chi connectivity index (χ4v) is 6.12. The molecule has 0 radical (unpaired) electrons. The minimum absolute atomic E-state index is 0.227. The van der Waals surface area contributed by atoms with E-state index in [9.17, 15) is 4.79 Å². The number of carbonyl (C=O) groups is 1. The summed E-state index contributed by atoms with van der Waals surface area (Å²) in [6, 6.07) is 8.95. The van der Waals surface area contributed by atoms with E-state index in [0.29, 0.717) is 19.0 Å². The van der Waals surface area contributed by atoms with Gasteiger partial charge >= 0.3 is 0 Å². The highest BCUT2D eigenvalue weighted by molar-refractivity contribution is 5.76. The molecule has 2 saturated carbocycles. The number of carbonyl (C=O) groups excluding carboxylic acids is 1. The zero-order chi connectivity index (χ0) is 21.7. The molecular formula is C27H42N2O2. The summed E-state index contributed by atoms with van der Waals surface area (Å²) in [7, 11) is 2.34. The van der Waals surface area contributed by atoms with Crippen LogP contribution in [0.25, 0.3) is 0 Å². The van der Waals surface area contributed by atoms with Crippen LogP contribution in [0.2, 0.25) is 0 Å². The number of para-hydroxylation sites is 1. The lowest BCUT2D eigenvalue weighted by molar-refractivity contribution is -0.134. The maximum Gasteiger partial charge on any atom is 0.222 e. The van der Waals surface area contributed by atoms with Crippen molar-refractivity contribution in [3.63, 3.8) is 0 Å². The minimum atomic E-state index is -0.227. The number of rotatable bonds is 4. The molecule has 4 nitrogen and oxygen atoms in total. The van der Waals surface area contributed by atoms with Gasteiger partial charge in [0.2, 0.25) is 5.91 Å². The van der Waals surface area contributed by atoms with Crippen molar-refractivity contribution in [3.05, 3.63) is 29.8 Å². The molecule has 1 heterocycles. The molecule has 2 fully saturated rings. The van der Waals surface area contributed by atoms with Crippen LogP contribution in [0.3, 0.4) is 0 Å². The average molecular weight is 427 g/mol. The van der Waals surface area contributed by atoms with Crippen molar-refractivity contribution in [1.82, 2.24) is 9.80 Å². The summed E-state index contributed by atoms with van der Waals surface area (Å²) in [6.45, 7) is 4.62. The maximum absolute atomic E-state index is 12.7. The smallest absolute Gasteiger partial charge is 0.222 e. The summed E-state index contributed by atoms with van der Waals surface area (Å²) in [4.78, 5) is 17.4. The first kappa shape index (κ1) is 22.6. The molecule has 1 aromatic carbocycles. The molecule has 1 spiro atoms. The Morgan fingerprint density at radius 3 is 2.45 bits per heavy atom. The van der Waals surface area contributed by atoms with E-state index in [4.69, 9.17) is 4.74 Å². The van der Waals surface area contributed by atoms with Gasteiger partial charge in [0.05, 0.1) is 6.54 Å². The summed E-state index contributed by atoms with van der Waals surface area (Å²) in [5.74, 6) is 2.10. The van der Waals surface area contributed by atoms with E-state index < -0.39 is 0 Å². The Bertz CT molecular complexity index is 718. The summed E-state index contributed by atoms with van der Waals surface area (Å²) in [5, 5.41) is 0. The van der Waals surface area contributed by atoms with E-state index >= 15 is 0 Å². The lowest BCUT2D eigenvalue weighted by atomic mass is 9.80. The lowest BCUT2D eigenvalue weighted by Crippen LogP contribution is -2.52. The first-order chi connectivity index (χ1) is 15.1. The maximum atomic E-state index is 12.7. The largest absolute Gasteiger partial charge is 0.485 e. The molecule has 3 aliphatic rings. The Morgan fingerprint density at radius 2 is 1.74 bits per heavy atom. The van der Waals surface area contributed by atoms with Gasteiger partial charge in [0.15, 0.2) is 0 Å². The molecule has 4 rings (SSSR count). The minimum Gasteiger partial charge on any atom is -0.485 e. The molecule has 1 aromatic rings. The first-order valence-electron chi connectivity index (χ1n) is 12.8. The van der Waals surface area contributed by atoms with Crippen LogP contribution in [0.4, 0.5) is 0 Å². The Morgan fingerprint density at radius 1 is 1.06 bits per heavy atom. The zero-order valence-electron chi connectivity index (χ0n) is 19.8. The van der Waals surface area contributed by atoms with Gasteiger partial charge in [-0.2, -0.15) is 0 Å². The molecule has 0 N–H and O–H groups in total. The fraction of sp³-hybridized carbons (Fsp3) is 0.741. The van der Waals surface area contributed by atoms with Crippen molar-refractivity contribution in [1.29, 1.82) is 0 Å². The van der Waals surface area contributed by atoms with E-state index in [2.05, 4.69) is 36.2 Å². The predicted molar refractivity (Wildman–Crippen MR) is 126 cm³/mol. The summed E-state index contributed by atoms with van der Waals surface area (Å²) >= 11 is 0. The van der Waals surface area contributed by atoms with Gasteiger partial charge in [0, 0.05) is 31.1 Å². The second kappa shape index (κ2) is 10.4. The van der Waals surface area contributed by atoms with Crippen LogP contribution in [-0.4, -0.2) is 47.5 Å². The second-order valence-corrected chi connectivity index (χ2v) is 10.4. The van der Waals surface area contributed by atoms with Crippen LogP contribution in [0.15, 0.2) is 24.3 Å². The standard InChI is InChI=1S/C27H42N2O2/c1-3-26(30)29-20-23-13-9-10-14-25(23)31-27(21-29)17-15-24(16-18-27)28(2)19-22-11-7-5-4-6-8-12-22/h9-10,13-14,22,24H,3-8,11-12,15-21H2,1-2H3. The molecule has 1 aliphatic heterocycles. The van der Waals surface area contributed by atoms with Crippen molar-refractivity contribution in [2.24, 2.45) is 5.92 Å². The molecule has 2 aliphatic carbocycles. The van der Waals surface area contributed by atoms with Crippen molar-refractivity contribution in [2.75, 3.05) is 20.1 Å². The molecule has 0 bridgehead atoms. The molecule has 172 valence electrons. The highest BCUT2D eigenvalue weighted by Gasteiger charge is 2.42. The van der Waals surface area contributed by atoms with Crippen molar-refractivity contribution in [3.8, 4) is 5.75 Å². The summed E-state index contributed by atoms with van der Waals surface area (Å²) < 4.78 is 6.71. The Balaban J connectivity index is 1.40. The SMILES string of the molecule is CCC(=O)N1Cc2ccccc2OC2(CCC(N(C)CC3CCCCCCC3)CC2)C1. The number of fused-ring (bicyclic) bond motifs is 1. The number of amides is 1. The van der Waals surface area contributed by atoms with E-state index in [-0.39, 0.29) is 11.5 Å². The average Bonchev–Trinajstić information content (AvgIpc) is 2.92. The van der Waals surface area contributed by atoms with Gasteiger partial charge in [-0.05, 0) is 57.6 Å². The van der Waals surface area contributed by atoms with Crippen LogP contribution < -0.4 is 4.74 Å². The molecule has 0 unspecified atom stereocenters. The molecular weight excluding hydrogens is 384 g/mol. The Kier molecular flexibility index (Phi) is 7.58. The van der Waals surface area contributed by atoms with Crippen LogP contribution in [-0.2, 0) is 11.3 Å². The third-order valence-corrected chi connectivity index (χ3v) is 8.06. The van der Waals surface area contributed by atoms with Gasteiger partial charge in [0.25, 0.3) is 0 Å². The second-order valence-electron chi connectivity index (χ2n) is 10.4. The molecule has 0 aromatic heterocycles. The van der Waals surface area contributed by atoms with Gasteiger partial charge in [0.1, 0.15) is 11.4 Å². The van der Waals surface area contributed by atoms with Crippen LogP contribution in [0.1, 0.15) is 89.5 Å². The number of nitrogens with zero attached hydrogens (tertiary/aromatic N) is 2. The first-order valence-corrected chi connectivity index (χ1v) is 12.8. The molecule has 31 heavy (non-hydrogen) atoms. The summed E-state index contributed by atoms with van der Waals surface area (Å²) in [5.41, 5.74) is 0.916. The van der Waals surface area contributed by atoms with Gasteiger partial charge in [-0.1, -0.05) is 57.2 Å². The number of hydrogen-bond donors (Lipinski definition) is 0. The zero-order valence-corrected chi connectivity index (χ0v) is 19.8. The van der Waals surface area contributed by atoms with Gasteiger partial charge in [-0.15, -0.1) is 0 Å². The number of ether oxygens (including phenoxy) is 1. The predicted octanol–water partition coefficient (Wildman–Crippen LogP) is 5.79. The van der Waals surface area contributed by atoms with Crippen LogP contribution >= 0.6 is 0 Å². The number of hydrogen-bond acceptors (Lipinski definition) is 3. The molecule has 4 heteroatoms. The van der Waals surface area contributed by atoms with Crippen LogP contribution in [0, 0.1) is 5.92 Å². The highest BCUT2D eigenvalue weighted by Crippen LogP contribution is 2.39. The van der Waals surface area contributed by atoms with Crippen LogP contribution in [0.5, 0.6) is 5.75 Å². The van der Waals surface area contributed by atoms with E-state index in [1.54, 1.807) is 0 Å². The normalized spacial score (nSPS) is 27.8. The molecule has 0 saturated heterocycles. The van der Waals surface area contributed by atoms with Gasteiger partial charge in [-0.25, -0.2) is 0 Å². The van der Waals surface area contributed by atoms with E-state index in [1.165, 1.54) is 64.3 Å². The summed E-state index contributed by atoms with van der Waals surface area (Å²) in [6.07, 6.45) is 14.9. The lowest BCUT2D eigenvalue weighted by Gasteiger charge is -2.44. The monoisotopic (exact) mass is 426 g/mol. The third kappa shape index (κ3) is 5.63. The topological polar surface area (TPSA) is 32.8 Å². The van der Waals surface area contributed by atoms with Crippen molar-refractivity contribution >= 4 is 5.91 Å². The Labute approximate surface area is 189 Å². The molecule has 1 amide bonds. The fourth-order valence-electron chi connectivity index (χ4n) is 6.12. The third-order valence-electron chi connectivity index (χ3n) is 8.06. The van der Waals surface area contributed by atoms with Gasteiger partial charge < -0.3 is 14.5 Å².